The van der Waals surface area contributed by atoms with Gasteiger partial charge in [-0.25, -0.2) is 22.5 Å². The number of benzene rings is 4. The van der Waals surface area contributed by atoms with Crippen LogP contribution in [0.2, 0.25) is 5.28 Å². The first kappa shape index (κ1) is 45.9. The zero-order valence-electron chi connectivity index (χ0n) is 28.2. The molecule has 25 heteroatoms. The third-order valence-corrected chi connectivity index (χ3v) is 8.73. The van der Waals surface area contributed by atoms with E-state index in [2.05, 4.69) is 57.6 Å². The van der Waals surface area contributed by atoms with Crippen LogP contribution in [0.3, 0.4) is 0 Å². The predicted octanol–water partition coefficient (Wildman–Crippen LogP) is -0.0646. The number of amidine groups is 1. The zero-order valence-corrected chi connectivity index (χ0v) is 36.3. The maximum atomic E-state index is 13.4. The van der Waals surface area contributed by atoms with Gasteiger partial charge in [-0.1, -0.05) is 30.0 Å². The molecule has 1 aromatic heterocycles. The van der Waals surface area contributed by atoms with E-state index in [1.54, 1.807) is 6.07 Å². The zero-order chi connectivity index (χ0) is 37.5. The van der Waals surface area contributed by atoms with E-state index in [-0.39, 0.29) is 105 Å². The number of rotatable bonds is 14. The normalized spacial score (nSPS) is 12.0. The first-order valence-corrected chi connectivity index (χ1v) is 18.6. The van der Waals surface area contributed by atoms with Gasteiger partial charge in [-0.2, -0.15) is 32.8 Å². The van der Waals surface area contributed by atoms with Crippen LogP contribution < -0.4 is 74.9 Å². The number of nitrogens with zero attached hydrogens (tertiary/aromatic N) is 6. The summed E-state index contributed by atoms with van der Waals surface area (Å²) in [7, 11) is -9.79. The molecule has 0 aliphatic heterocycles. The van der Waals surface area contributed by atoms with E-state index in [1.165, 1.54) is 42.5 Å². The van der Waals surface area contributed by atoms with Crippen molar-refractivity contribution in [3.63, 3.8) is 0 Å². The Morgan fingerprint density at radius 2 is 1.67 bits per heavy atom. The summed E-state index contributed by atoms with van der Waals surface area (Å²) >= 11 is 11.2. The summed E-state index contributed by atoms with van der Waals surface area (Å²) in [5.74, 6) is -0.862. The molecule has 0 unspecified atom stereocenters. The molecule has 18 nitrogen and oxygen atoms in total. The Hall–Kier alpha value is -2.49. The van der Waals surface area contributed by atoms with Crippen LogP contribution in [0.25, 0.3) is 10.8 Å². The molecule has 272 valence electrons. The van der Waals surface area contributed by atoms with Gasteiger partial charge in [0.1, 0.15) is 16.7 Å². The maximum absolute atomic E-state index is 13.4. The monoisotopic (exact) mass is 852 g/mol. The van der Waals surface area contributed by atoms with Crippen LogP contribution in [0.5, 0.6) is 5.75 Å². The van der Waals surface area contributed by atoms with E-state index >= 15 is 0 Å². The van der Waals surface area contributed by atoms with Gasteiger partial charge in [-0.3, -0.25) is 4.55 Å². The van der Waals surface area contributed by atoms with E-state index in [0.29, 0.717) is 16.3 Å². The number of azo groups is 1. The summed E-state index contributed by atoms with van der Waals surface area (Å²) in [6.45, 7) is 1.11. The third-order valence-electron chi connectivity index (χ3n) is 6.41. The summed E-state index contributed by atoms with van der Waals surface area (Å²) in [6, 6.07) is 18.7. The van der Waals surface area contributed by atoms with E-state index in [9.17, 15) is 26.5 Å². The minimum atomic E-state index is -5.20. The maximum Gasteiger partial charge on any atom is 1.00 e. The number of aromatic nitrogens is 3. The number of thiol groups is 1. The first-order chi connectivity index (χ1) is 24.6. The molecule has 0 aliphatic carbocycles. The van der Waals surface area contributed by atoms with Crippen molar-refractivity contribution in [3.8, 4) is 5.75 Å². The van der Waals surface area contributed by atoms with Crippen LogP contribution in [0.4, 0.5) is 34.6 Å². The van der Waals surface area contributed by atoms with Gasteiger partial charge in [0.15, 0.2) is 5.17 Å². The molecule has 4 aromatic carbocycles. The minimum absolute atomic E-state index is 0. The largest absolute Gasteiger partial charge is 1.00 e. The summed E-state index contributed by atoms with van der Waals surface area (Å²) in [5.41, 5.74) is 1.41. The molecule has 3 N–H and O–H groups in total. The second-order valence-electron chi connectivity index (χ2n) is 10.1. The Morgan fingerprint density at radius 1 is 0.963 bits per heavy atom. The van der Waals surface area contributed by atoms with Crippen LogP contribution in [0.1, 0.15) is 5.56 Å². The molecular formula is C29H23ClN8Na2O10S4. The number of fused-ring (bicyclic) bond motifs is 1. The number of hydrogen-bond acceptors (Lipinski definition) is 17. The second-order valence-corrected chi connectivity index (χ2v) is 14.1. The van der Waals surface area contributed by atoms with Crippen LogP contribution in [-0.2, 0) is 33.9 Å². The van der Waals surface area contributed by atoms with E-state index in [4.69, 9.17) is 25.4 Å². The number of nitrogens with one attached hydrogen (secondary N) is 2. The van der Waals surface area contributed by atoms with E-state index in [0.717, 1.165) is 23.7 Å². The standard InChI is InChI=1S/C29H25ClN8O10S4.2Na/c1-16-4-2-3-5-22(16)32-29(49)36-28-34-26(30)33-27(35-28)31-19-8-11-21-17(14-19)15-23(51(40,41)42)24(25(21)39)38-37-18-6-9-20(10-7-18)50-48-46-12-13-47-52(43,44)45;;/h2-11,14-15,39H,12-13H2,1H3,(H,40,41,42)(H,43,44,45)(H3,31,32,33,34,35,36,49);;/q;2*+1/p-2. The Labute approximate surface area is 367 Å². The van der Waals surface area contributed by atoms with Gasteiger partial charge >= 0.3 is 69.5 Å². The van der Waals surface area contributed by atoms with Gasteiger partial charge in [0.05, 0.1) is 40.6 Å². The molecule has 0 fully saturated rings. The first-order valence-electron chi connectivity index (χ1n) is 14.3. The fourth-order valence-electron chi connectivity index (χ4n) is 4.17. The average molecular weight is 853 g/mol. The van der Waals surface area contributed by atoms with Crippen molar-refractivity contribution in [1.82, 2.24) is 15.0 Å². The van der Waals surface area contributed by atoms with Crippen molar-refractivity contribution in [1.29, 1.82) is 0 Å². The Bertz CT molecular complexity index is 2400. The van der Waals surface area contributed by atoms with Crippen molar-refractivity contribution < 1.29 is 104 Å². The van der Waals surface area contributed by atoms with E-state index in [1.807, 2.05) is 25.1 Å². The van der Waals surface area contributed by atoms with Crippen LogP contribution in [0, 0.1) is 6.92 Å². The smallest absolute Gasteiger partial charge is 0.871 e. The summed E-state index contributed by atoms with van der Waals surface area (Å²) in [6.07, 6.45) is 0. The van der Waals surface area contributed by atoms with Crippen molar-refractivity contribution in [2.24, 2.45) is 15.2 Å². The summed E-state index contributed by atoms with van der Waals surface area (Å²) in [4.78, 5) is 21.0. The number of aliphatic imine (C=N–C) groups is 1. The fraction of sp³-hybridized carbons (Fsp3) is 0.103. The molecular weight excluding hydrogens is 830 g/mol. The Morgan fingerprint density at radius 3 is 2.35 bits per heavy atom. The van der Waals surface area contributed by atoms with Crippen LogP contribution in [-0.4, -0.2) is 59.3 Å². The van der Waals surface area contributed by atoms with Gasteiger partial charge < -0.3 is 20.3 Å². The summed E-state index contributed by atoms with van der Waals surface area (Å²) in [5, 5.41) is 27.0. The van der Waals surface area contributed by atoms with Gasteiger partial charge in [-0.05, 0) is 83.4 Å². The molecule has 0 saturated carbocycles. The number of anilines is 3. The molecule has 0 amide bonds. The van der Waals surface area contributed by atoms with Gasteiger partial charge in [0, 0.05) is 10.6 Å². The third kappa shape index (κ3) is 13.6. The van der Waals surface area contributed by atoms with Gasteiger partial charge in [-0.15, -0.1) is 17.7 Å². The minimum Gasteiger partial charge on any atom is -0.871 e. The topological polar surface area (TPSA) is 262 Å². The number of para-hydroxylation sites is 1. The molecule has 0 saturated heterocycles. The second kappa shape index (κ2) is 20.6. The van der Waals surface area contributed by atoms with Crippen molar-refractivity contribution >= 4 is 107 Å². The Balaban J connectivity index is 0.00000392. The van der Waals surface area contributed by atoms with Crippen molar-refractivity contribution in [2.45, 2.75) is 16.7 Å². The van der Waals surface area contributed by atoms with Gasteiger partial charge in [0.2, 0.25) is 17.2 Å². The number of halogens is 1. The molecule has 1 heterocycles. The van der Waals surface area contributed by atoms with Crippen LogP contribution in [0.15, 0.2) is 97.8 Å². The molecule has 0 atom stereocenters. The van der Waals surface area contributed by atoms with Crippen molar-refractivity contribution in [3.05, 3.63) is 83.6 Å². The molecule has 5 rings (SSSR count). The fourth-order valence-corrected chi connectivity index (χ4v) is 5.90. The molecule has 0 bridgehead atoms. The summed E-state index contributed by atoms with van der Waals surface area (Å²) < 4.78 is 75.1. The molecule has 0 radical (unpaired) electrons. The SMILES string of the molecule is Cc1ccccc1N=C(S)Nc1nc(Cl)nc(Nc2ccc3c([O-])c(N=Nc4ccc(SOOCCOS(=O)(=O)O)cc4)c(S(=O)(=O)[O-])cc3c2)n1.[Na+].[Na+]. The predicted molar refractivity (Wildman–Crippen MR) is 191 cm³/mol. The molecule has 5 aromatic rings. The molecule has 0 spiro atoms. The number of aryl methyl sites for hydroxylation is 1. The van der Waals surface area contributed by atoms with Crippen LogP contribution >= 0.6 is 36.3 Å². The quantitative estimate of drug-likeness (QED) is 0.0109. The number of hydrogen-bond donors (Lipinski definition) is 4. The van der Waals surface area contributed by atoms with Gasteiger partial charge in [0.25, 0.3) is 0 Å². The van der Waals surface area contributed by atoms with E-state index < -0.39 is 43.5 Å². The molecule has 54 heavy (non-hydrogen) atoms. The average Bonchev–Trinajstić information content (AvgIpc) is 3.06. The van der Waals surface area contributed by atoms with Crippen molar-refractivity contribution in [2.75, 3.05) is 23.8 Å². The molecule has 0 aliphatic rings. The Kier molecular flexibility index (Phi) is 17.5.